The molecular formula is C93H138B7F7O28. The lowest BCUT2D eigenvalue weighted by atomic mass is 9.73. The van der Waals surface area contributed by atoms with Gasteiger partial charge >= 0.3 is 49.8 Å². The average molecular weight is 1910 g/mol. The van der Waals surface area contributed by atoms with Gasteiger partial charge in [0, 0.05) is 113 Å². The van der Waals surface area contributed by atoms with Crippen LogP contribution in [-0.4, -0.2) is 230 Å². The fourth-order valence-electron chi connectivity index (χ4n) is 12.8. The van der Waals surface area contributed by atoms with E-state index in [1.54, 1.807) is 65.3 Å². The number of hydrogen-bond donors (Lipinski definition) is 3. The molecule has 748 valence electrons. The zero-order valence-electron chi connectivity index (χ0n) is 82.0. The highest BCUT2D eigenvalue weighted by molar-refractivity contribution is 6.64. The molecule has 5 unspecified atom stereocenters. The van der Waals surface area contributed by atoms with Crippen molar-refractivity contribution in [3.63, 3.8) is 0 Å². The molecule has 10 rings (SSSR count). The van der Waals surface area contributed by atoms with Crippen molar-refractivity contribution in [2.24, 2.45) is 5.41 Å². The molecule has 0 spiro atoms. The second kappa shape index (κ2) is 68.5. The van der Waals surface area contributed by atoms with Gasteiger partial charge in [0.15, 0.2) is 31.5 Å². The minimum Gasteiger partial charge on any atom is -0.423 e. The maximum Gasteiger partial charge on any atom is 0.494 e. The zero-order valence-corrected chi connectivity index (χ0v) is 82.0. The number of hydrogen-bond acceptors (Lipinski definition) is 28. The third kappa shape index (κ3) is 47.9. The van der Waals surface area contributed by atoms with Crippen LogP contribution in [0.15, 0.2) is 127 Å². The Kier molecular flexibility index (Phi) is 61.2. The Labute approximate surface area is 795 Å². The predicted octanol–water partition coefficient (Wildman–Crippen LogP) is 11.1. The van der Waals surface area contributed by atoms with Crippen molar-refractivity contribution in [2.45, 2.75) is 214 Å². The van der Waals surface area contributed by atoms with Crippen molar-refractivity contribution in [1.82, 2.24) is 0 Å². The van der Waals surface area contributed by atoms with Crippen LogP contribution in [0.3, 0.4) is 0 Å². The molecule has 7 aromatic carbocycles. The summed E-state index contributed by atoms with van der Waals surface area (Å²) in [5.74, 6) is -2.37. The van der Waals surface area contributed by atoms with Crippen LogP contribution in [-0.2, 0) is 164 Å². The molecule has 42 heteroatoms. The van der Waals surface area contributed by atoms with Gasteiger partial charge in [-0.25, -0.2) is 30.7 Å². The summed E-state index contributed by atoms with van der Waals surface area (Å²) in [7, 11) is 2.36. The lowest BCUT2D eigenvalue weighted by molar-refractivity contribution is -0.134. The monoisotopic (exact) mass is 1910 g/mol. The Morgan fingerprint density at radius 1 is 0.326 bits per heavy atom. The van der Waals surface area contributed by atoms with E-state index in [2.05, 4.69) is 13.8 Å². The molecule has 135 heavy (non-hydrogen) atoms. The lowest BCUT2D eigenvalue weighted by Gasteiger charge is -2.33. The zero-order chi connectivity index (χ0) is 99.8. The standard InChI is InChI=1S/C17H28BFO4.C14H20BFO4.2C13H18BFO4.C13H20BFO4.C12H18BFO4.C11H16BFO4/c1-7-20-14(6)21-11-15-10-16(19)8-9-17(15)18(22-12(2)3)23-13(4)5;1-14(2)8-19-15(20-9-14)13-5-4-12(16)6-11(13)7-18-10-17-3;1-16-10-17-9-11-8-12(15)4-5-13(11)14-18-6-2-3-7-19-14;1-3-16-10(2)17-9-11-8-12(15)4-5-13(11)14-18-6-7-19-14;1-5-18-10(2)19-9-11-8-12(15)6-7-13(11)14(16-3)17-4;1-4-17-9(2)18-8-10-7-11(14)5-6-12(10)13(15)16-3;1-3-16-8(2)17-7-9-6-10(13)4-5-11(9)12(14)15/h8-10,12-14H,7,11H2,1-6H3;4-6H,7-10H2,1-3H3;4-5,8H,2-3,6-7,9-10H2,1H3;4-5,8,10H,3,6-7,9H2,1-2H3;6-8,10H,5,9H2,1-4H3;5-7,9,15H,4,8H2,1-3H3;4-6,8,14-15H,3,7H2,1-2H3. The molecular weight excluding hydrogens is 1770 g/mol. The quantitative estimate of drug-likeness (QED) is 0.0138. The summed E-state index contributed by atoms with van der Waals surface area (Å²) in [6.07, 6.45) is 0.0980. The largest absolute Gasteiger partial charge is 0.494 e. The molecule has 5 atom stereocenters. The maximum absolute atomic E-state index is 13.6. The smallest absolute Gasteiger partial charge is 0.423 e. The molecule has 3 fully saturated rings. The van der Waals surface area contributed by atoms with Gasteiger partial charge in [-0.1, -0.05) is 56.3 Å². The lowest BCUT2D eigenvalue weighted by Crippen LogP contribution is -2.48. The highest BCUT2D eigenvalue weighted by Crippen LogP contribution is 2.24. The van der Waals surface area contributed by atoms with Gasteiger partial charge in [-0.05, 0) is 272 Å². The van der Waals surface area contributed by atoms with E-state index in [4.69, 9.17) is 128 Å². The van der Waals surface area contributed by atoms with Crippen LogP contribution in [0, 0.1) is 46.1 Å². The SMILES string of the molecule is CCOC(C)OCc1cc(F)ccc1B(O)O.CCOC(C)OCc1cc(F)ccc1B(O)OC.CCOC(C)OCc1cc(F)ccc1B(OC(C)C)OC(C)C.CCOC(C)OCc1cc(F)ccc1B(OC)OC.CCOC(C)OCc1cc(F)ccc1B1OCCO1.COCOCc1cc(F)ccc1B1OCC(C)(C)CO1.COCOCc1cc(F)ccc1B1OCCCCO1. The van der Waals surface area contributed by atoms with Crippen LogP contribution < -0.4 is 38.2 Å². The average Bonchev–Trinajstić information content (AvgIpc) is 1.46. The highest BCUT2D eigenvalue weighted by atomic mass is 19.2. The molecule has 3 aliphatic heterocycles. The Hall–Kier alpha value is -6.62. The second-order valence-electron chi connectivity index (χ2n) is 31.5. The van der Waals surface area contributed by atoms with Gasteiger partial charge in [-0.15, -0.1) is 0 Å². The van der Waals surface area contributed by atoms with E-state index >= 15 is 0 Å². The Balaban J connectivity index is 0.000000330. The molecule has 0 radical (unpaired) electrons. The van der Waals surface area contributed by atoms with Gasteiger partial charge in [0.25, 0.3) is 0 Å². The first-order valence-corrected chi connectivity index (χ1v) is 45.0. The van der Waals surface area contributed by atoms with E-state index in [9.17, 15) is 35.8 Å². The summed E-state index contributed by atoms with van der Waals surface area (Å²) >= 11 is 0. The molecule has 0 aromatic heterocycles. The molecule has 3 aliphatic rings. The molecule has 3 saturated heterocycles. The van der Waals surface area contributed by atoms with Gasteiger partial charge in [0.1, 0.15) is 54.3 Å². The van der Waals surface area contributed by atoms with Gasteiger partial charge in [0.05, 0.1) is 59.5 Å². The number of halogens is 7. The van der Waals surface area contributed by atoms with Crippen molar-refractivity contribution in [1.29, 1.82) is 0 Å². The van der Waals surface area contributed by atoms with Crippen LogP contribution in [0.1, 0.15) is 163 Å². The first kappa shape index (κ1) is 121. The van der Waals surface area contributed by atoms with Crippen molar-refractivity contribution >= 4 is 88.1 Å². The second-order valence-corrected chi connectivity index (χ2v) is 31.5. The topological polar surface area (TPSA) is 291 Å². The summed E-state index contributed by atoms with van der Waals surface area (Å²) in [6, 6.07) is 30.3. The Morgan fingerprint density at radius 3 is 0.896 bits per heavy atom. The third-order valence-electron chi connectivity index (χ3n) is 19.2. The normalized spacial score (nSPS) is 14.6. The van der Waals surface area contributed by atoms with Crippen molar-refractivity contribution in [3.8, 4) is 0 Å². The minimum absolute atomic E-state index is 0.00322. The first-order valence-electron chi connectivity index (χ1n) is 45.0. The summed E-state index contributed by atoms with van der Waals surface area (Å²) in [5, 5.41) is 27.9. The van der Waals surface area contributed by atoms with Gasteiger partial charge in [0.2, 0.25) is 0 Å². The van der Waals surface area contributed by atoms with E-state index in [-0.39, 0.29) is 143 Å². The maximum atomic E-state index is 13.6. The molecule has 3 N–H and O–H groups in total. The van der Waals surface area contributed by atoms with Crippen LogP contribution in [0.2, 0.25) is 0 Å². The fourth-order valence-corrected chi connectivity index (χ4v) is 12.8. The summed E-state index contributed by atoms with van der Waals surface area (Å²) in [5.41, 5.74) is 9.15. The van der Waals surface area contributed by atoms with Crippen molar-refractivity contribution in [3.05, 3.63) is 207 Å². The van der Waals surface area contributed by atoms with Crippen LogP contribution in [0.25, 0.3) is 0 Å². The Morgan fingerprint density at radius 2 is 0.593 bits per heavy atom. The highest BCUT2D eigenvalue weighted by Gasteiger charge is 2.36. The predicted molar refractivity (Wildman–Crippen MR) is 504 cm³/mol. The van der Waals surface area contributed by atoms with Crippen LogP contribution in [0.5, 0.6) is 0 Å². The summed E-state index contributed by atoms with van der Waals surface area (Å²) < 4.78 is 228. The first-order chi connectivity index (χ1) is 64.6. The fraction of sp³-hybridized carbons (Fsp3) is 0.548. The van der Waals surface area contributed by atoms with Crippen LogP contribution in [0.4, 0.5) is 30.7 Å². The molecule has 0 saturated carbocycles. The van der Waals surface area contributed by atoms with Crippen molar-refractivity contribution < 1.29 is 163 Å². The van der Waals surface area contributed by atoms with Gasteiger partial charge in [-0.3, -0.25) is 0 Å². The van der Waals surface area contributed by atoms with Crippen LogP contribution >= 0.6 is 0 Å². The van der Waals surface area contributed by atoms with E-state index in [0.717, 1.165) is 51.3 Å². The summed E-state index contributed by atoms with van der Waals surface area (Å²) in [6.45, 7) is 38.4. The third-order valence-corrected chi connectivity index (χ3v) is 19.2. The molecule has 7 aromatic rings. The molecule has 0 bridgehead atoms. The Bertz CT molecular complexity index is 4260. The number of methoxy groups -OCH3 is 2. The van der Waals surface area contributed by atoms with E-state index in [0.29, 0.717) is 106 Å². The molecule has 0 amide bonds. The molecule has 28 nitrogen and oxygen atoms in total. The van der Waals surface area contributed by atoms with Gasteiger partial charge < -0.3 is 133 Å². The van der Waals surface area contributed by atoms with E-state index < -0.39 is 61.9 Å². The van der Waals surface area contributed by atoms with Gasteiger partial charge in [-0.2, -0.15) is 0 Å². The van der Waals surface area contributed by atoms with E-state index in [1.807, 2.05) is 76.2 Å². The molecule has 3 heterocycles. The van der Waals surface area contributed by atoms with Crippen molar-refractivity contribution in [2.75, 3.05) is 122 Å². The summed E-state index contributed by atoms with van der Waals surface area (Å²) in [4.78, 5) is 0. The van der Waals surface area contributed by atoms with E-state index in [1.165, 1.54) is 118 Å². The number of benzene rings is 7. The number of rotatable bonds is 47. The minimum atomic E-state index is -1.64. The molecule has 0 aliphatic carbocycles. The number of ether oxygens (including phenoxy) is 14.